The lowest BCUT2D eigenvalue weighted by atomic mass is 10.1. The number of carbonyl (C=O) groups excluding carboxylic acids is 1. The van der Waals surface area contributed by atoms with Crippen LogP contribution >= 0.6 is 0 Å². The number of hydrogen-bond donors (Lipinski definition) is 3. The molecule has 0 spiro atoms. The van der Waals surface area contributed by atoms with E-state index in [0.717, 1.165) is 18.7 Å². The van der Waals surface area contributed by atoms with Gasteiger partial charge in [0.1, 0.15) is 5.75 Å². The Hall–Kier alpha value is -1.63. The number of benzene rings is 1. The van der Waals surface area contributed by atoms with Gasteiger partial charge in [0.2, 0.25) is 0 Å². The Balaban J connectivity index is 2.24. The van der Waals surface area contributed by atoms with Gasteiger partial charge in [0.15, 0.2) is 6.61 Å². The molecule has 0 heterocycles. The summed E-state index contributed by atoms with van der Waals surface area (Å²) >= 11 is 0. The number of aliphatic hydroxyl groups excluding tert-OH is 1. The molecule has 130 valence electrons. The van der Waals surface area contributed by atoms with Crippen LogP contribution < -0.4 is 15.4 Å². The highest BCUT2D eigenvalue weighted by Gasteiger charge is 2.13. The van der Waals surface area contributed by atoms with Crippen molar-refractivity contribution in [2.24, 2.45) is 0 Å². The fraction of sp³-hybridized carbons (Fsp3) is 0.588. The number of nitrogens with one attached hydrogen (secondary N) is 2. The van der Waals surface area contributed by atoms with Gasteiger partial charge in [-0.2, -0.15) is 0 Å². The van der Waals surface area contributed by atoms with E-state index in [1.54, 1.807) is 0 Å². The van der Waals surface area contributed by atoms with Crippen molar-refractivity contribution in [1.29, 1.82) is 0 Å². The Labute approximate surface area is 138 Å². The van der Waals surface area contributed by atoms with Crippen LogP contribution in [0.2, 0.25) is 0 Å². The predicted octanol–water partition coefficient (Wildman–Crippen LogP) is 1.08. The second-order valence-corrected chi connectivity index (χ2v) is 6.24. The molecular weight excluding hydrogens is 296 g/mol. The van der Waals surface area contributed by atoms with E-state index in [-0.39, 0.29) is 24.7 Å². The molecule has 1 aromatic carbocycles. The zero-order valence-electron chi connectivity index (χ0n) is 14.2. The maximum absolute atomic E-state index is 11.7. The molecular formula is C17H28N2O4. The molecule has 0 unspecified atom stereocenters. The summed E-state index contributed by atoms with van der Waals surface area (Å²) in [7, 11) is 0. The Bertz CT molecular complexity index is 455. The number of aliphatic hydroxyl groups is 1. The van der Waals surface area contributed by atoms with Gasteiger partial charge in [-0.25, -0.2) is 0 Å². The summed E-state index contributed by atoms with van der Waals surface area (Å²) in [5.41, 5.74) is 0.871. The summed E-state index contributed by atoms with van der Waals surface area (Å²) in [6.45, 7) is 8.26. The van der Waals surface area contributed by atoms with Gasteiger partial charge >= 0.3 is 0 Å². The first kappa shape index (κ1) is 19.4. The maximum atomic E-state index is 11.7. The van der Waals surface area contributed by atoms with Gasteiger partial charge in [-0.3, -0.25) is 4.79 Å². The molecule has 6 nitrogen and oxygen atoms in total. The Morgan fingerprint density at radius 1 is 1.17 bits per heavy atom. The molecule has 1 amide bonds. The lowest BCUT2D eigenvalue weighted by molar-refractivity contribution is -0.124. The molecule has 0 saturated heterocycles. The number of ether oxygens (including phenoxy) is 2. The first-order chi connectivity index (χ1) is 10.9. The van der Waals surface area contributed by atoms with Crippen LogP contribution in [0.1, 0.15) is 26.3 Å². The smallest absolute Gasteiger partial charge is 0.258 e. The lowest BCUT2D eigenvalue weighted by Gasteiger charge is -2.20. The van der Waals surface area contributed by atoms with Crippen molar-refractivity contribution >= 4 is 5.91 Å². The van der Waals surface area contributed by atoms with E-state index in [1.807, 2.05) is 45.0 Å². The number of amides is 1. The molecule has 3 N–H and O–H groups in total. The molecule has 0 aliphatic rings. The first-order valence-corrected chi connectivity index (χ1v) is 7.83. The Morgan fingerprint density at radius 3 is 2.48 bits per heavy atom. The van der Waals surface area contributed by atoms with Crippen LogP contribution in [0.3, 0.4) is 0 Å². The topological polar surface area (TPSA) is 79.8 Å². The molecule has 0 aromatic heterocycles. The number of hydrogen-bond acceptors (Lipinski definition) is 5. The third kappa shape index (κ3) is 9.89. The normalized spacial score (nSPS) is 11.3. The fourth-order valence-electron chi connectivity index (χ4n) is 1.85. The Morgan fingerprint density at radius 2 is 1.87 bits per heavy atom. The van der Waals surface area contributed by atoms with E-state index < -0.39 is 0 Å². The maximum Gasteiger partial charge on any atom is 0.258 e. The summed E-state index contributed by atoms with van der Waals surface area (Å²) in [6, 6.07) is 7.62. The standard InChI is InChI=1S/C17H28N2O4/c1-17(2,3)19-16(21)13-23-15-6-4-14(5-7-15)12-18-8-10-22-11-9-20/h4-7,18,20H,8-13H2,1-3H3,(H,19,21). The monoisotopic (exact) mass is 324 g/mol. The van der Waals surface area contributed by atoms with Gasteiger partial charge in [-0.15, -0.1) is 0 Å². The summed E-state index contributed by atoms with van der Waals surface area (Å²) in [6.07, 6.45) is 0. The molecule has 0 aliphatic heterocycles. The largest absolute Gasteiger partial charge is 0.484 e. The van der Waals surface area contributed by atoms with Crippen LogP contribution in [0.5, 0.6) is 5.75 Å². The van der Waals surface area contributed by atoms with Crippen molar-refractivity contribution in [1.82, 2.24) is 10.6 Å². The van der Waals surface area contributed by atoms with Crippen molar-refractivity contribution < 1.29 is 19.4 Å². The molecule has 6 heteroatoms. The van der Waals surface area contributed by atoms with E-state index in [0.29, 0.717) is 19.0 Å². The van der Waals surface area contributed by atoms with Gasteiger partial charge in [0.25, 0.3) is 5.91 Å². The zero-order chi connectivity index (χ0) is 17.1. The minimum atomic E-state index is -0.253. The molecule has 0 radical (unpaired) electrons. The van der Waals surface area contributed by atoms with E-state index in [9.17, 15) is 4.79 Å². The van der Waals surface area contributed by atoms with Gasteiger partial charge in [-0.1, -0.05) is 12.1 Å². The van der Waals surface area contributed by atoms with E-state index >= 15 is 0 Å². The highest BCUT2D eigenvalue weighted by atomic mass is 16.5. The van der Waals surface area contributed by atoms with Crippen LogP contribution in [0.25, 0.3) is 0 Å². The minimum absolute atomic E-state index is 0.0110. The highest BCUT2D eigenvalue weighted by molar-refractivity contribution is 5.78. The first-order valence-electron chi connectivity index (χ1n) is 7.83. The van der Waals surface area contributed by atoms with Crippen LogP contribution in [0.15, 0.2) is 24.3 Å². The van der Waals surface area contributed by atoms with Crippen LogP contribution in [0, 0.1) is 0 Å². The highest BCUT2D eigenvalue weighted by Crippen LogP contribution is 2.12. The summed E-state index contributed by atoms with van der Waals surface area (Å²) in [5.74, 6) is 0.537. The zero-order valence-corrected chi connectivity index (χ0v) is 14.2. The van der Waals surface area contributed by atoms with Gasteiger partial charge in [0.05, 0.1) is 19.8 Å². The van der Waals surface area contributed by atoms with E-state index in [4.69, 9.17) is 14.6 Å². The van der Waals surface area contributed by atoms with Gasteiger partial charge in [0, 0.05) is 18.6 Å². The molecule has 0 bridgehead atoms. The molecule has 0 aliphatic carbocycles. The molecule has 1 rings (SSSR count). The van der Waals surface area contributed by atoms with E-state index in [1.165, 1.54) is 0 Å². The third-order valence-corrected chi connectivity index (χ3v) is 2.80. The molecule has 0 saturated carbocycles. The summed E-state index contributed by atoms with van der Waals surface area (Å²) in [5, 5.41) is 14.7. The fourth-order valence-corrected chi connectivity index (χ4v) is 1.85. The third-order valence-electron chi connectivity index (χ3n) is 2.80. The van der Waals surface area contributed by atoms with Gasteiger partial charge < -0.3 is 25.2 Å². The Kier molecular flexibility index (Phi) is 8.61. The second-order valence-electron chi connectivity index (χ2n) is 6.24. The quantitative estimate of drug-likeness (QED) is 0.561. The molecule has 0 atom stereocenters. The SMILES string of the molecule is CC(C)(C)NC(=O)COc1ccc(CNCCOCCO)cc1. The van der Waals surface area contributed by atoms with Crippen LogP contribution in [0.4, 0.5) is 0 Å². The van der Waals surface area contributed by atoms with Crippen molar-refractivity contribution in [2.45, 2.75) is 32.9 Å². The van der Waals surface area contributed by atoms with E-state index in [2.05, 4.69) is 10.6 Å². The lowest BCUT2D eigenvalue weighted by Crippen LogP contribution is -2.43. The average molecular weight is 324 g/mol. The molecule has 0 fully saturated rings. The van der Waals surface area contributed by atoms with Crippen molar-refractivity contribution in [3.63, 3.8) is 0 Å². The number of carbonyl (C=O) groups is 1. The molecule has 1 aromatic rings. The van der Waals surface area contributed by atoms with Crippen molar-refractivity contribution in [3.05, 3.63) is 29.8 Å². The second kappa shape index (κ2) is 10.2. The molecule has 23 heavy (non-hydrogen) atoms. The summed E-state index contributed by atoms with van der Waals surface area (Å²) in [4.78, 5) is 11.7. The van der Waals surface area contributed by atoms with Crippen LogP contribution in [-0.2, 0) is 16.1 Å². The summed E-state index contributed by atoms with van der Waals surface area (Å²) < 4.78 is 10.6. The van der Waals surface area contributed by atoms with Crippen LogP contribution in [-0.4, -0.2) is 49.5 Å². The minimum Gasteiger partial charge on any atom is -0.484 e. The van der Waals surface area contributed by atoms with Crippen molar-refractivity contribution in [3.8, 4) is 5.75 Å². The van der Waals surface area contributed by atoms with Gasteiger partial charge in [-0.05, 0) is 38.5 Å². The number of rotatable bonds is 10. The average Bonchev–Trinajstić information content (AvgIpc) is 2.48. The van der Waals surface area contributed by atoms with Crippen molar-refractivity contribution in [2.75, 3.05) is 33.0 Å². The predicted molar refractivity (Wildman–Crippen MR) is 89.4 cm³/mol.